The number of amides is 2. The van der Waals surface area contributed by atoms with Crippen molar-refractivity contribution in [2.24, 2.45) is 0 Å². The van der Waals surface area contributed by atoms with Crippen LogP contribution in [0, 0.1) is 0 Å². The normalized spacial score (nSPS) is 13.5. The summed E-state index contributed by atoms with van der Waals surface area (Å²) in [4.78, 5) is 27.3. The SMILES string of the molecule is CCNC(=O)[C@@H](C)N(Cc1ccc(Cl)cc1Cl)C(=O)CCCN(c1ccc2c(c1)OCCO2)S(C)(=O)=O. The van der Waals surface area contributed by atoms with E-state index >= 15 is 0 Å². The van der Waals surface area contributed by atoms with Gasteiger partial charge in [0.05, 0.1) is 11.9 Å². The van der Waals surface area contributed by atoms with Gasteiger partial charge in [-0.15, -0.1) is 0 Å². The summed E-state index contributed by atoms with van der Waals surface area (Å²) in [6.45, 7) is 4.83. The molecule has 37 heavy (non-hydrogen) atoms. The van der Waals surface area contributed by atoms with Crippen molar-refractivity contribution in [1.82, 2.24) is 10.2 Å². The summed E-state index contributed by atoms with van der Waals surface area (Å²) in [6.07, 6.45) is 1.36. The zero-order chi connectivity index (χ0) is 27.2. The molecule has 1 heterocycles. The third kappa shape index (κ3) is 7.66. The number of fused-ring (bicyclic) bond motifs is 1. The van der Waals surface area contributed by atoms with Gasteiger partial charge in [0, 0.05) is 42.2 Å². The van der Waals surface area contributed by atoms with Gasteiger partial charge in [0.1, 0.15) is 19.3 Å². The molecule has 2 aromatic rings. The van der Waals surface area contributed by atoms with Crippen LogP contribution in [0.25, 0.3) is 0 Å². The minimum absolute atomic E-state index is 0.0194. The summed E-state index contributed by atoms with van der Waals surface area (Å²) in [7, 11) is -3.64. The van der Waals surface area contributed by atoms with Crippen LogP contribution in [0.15, 0.2) is 36.4 Å². The molecule has 0 fully saturated rings. The van der Waals surface area contributed by atoms with E-state index in [-0.39, 0.29) is 37.7 Å². The van der Waals surface area contributed by atoms with Gasteiger partial charge in [-0.1, -0.05) is 29.3 Å². The van der Waals surface area contributed by atoms with E-state index in [1.54, 1.807) is 50.2 Å². The van der Waals surface area contributed by atoms with E-state index in [1.807, 2.05) is 0 Å². The van der Waals surface area contributed by atoms with E-state index in [9.17, 15) is 18.0 Å². The van der Waals surface area contributed by atoms with Gasteiger partial charge in [-0.3, -0.25) is 13.9 Å². The minimum Gasteiger partial charge on any atom is -0.486 e. The Morgan fingerprint density at radius 1 is 1.08 bits per heavy atom. The number of sulfonamides is 1. The van der Waals surface area contributed by atoms with Gasteiger partial charge in [-0.05, 0) is 50.1 Å². The Morgan fingerprint density at radius 2 is 1.78 bits per heavy atom. The number of carbonyl (C=O) groups excluding carboxylic acids is 2. The van der Waals surface area contributed by atoms with Crippen LogP contribution >= 0.6 is 23.2 Å². The molecule has 0 aromatic heterocycles. The second-order valence-corrected chi connectivity index (χ2v) is 11.3. The van der Waals surface area contributed by atoms with Gasteiger partial charge in [0.15, 0.2) is 11.5 Å². The fraction of sp³-hybridized carbons (Fsp3) is 0.440. The van der Waals surface area contributed by atoms with Crippen LogP contribution in [0.2, 0.25) is 10.0 Å². The molecule has 0 saturated heterocycles. The van der Waals surface area contributed by atoms with Crippen molar-refractivity contribution in [1.29, 1.82) is 0 Å². The Balaban J connectivity index is 1.75. The fourth-order valence-electron chi connectivity index (χ4n) is 3.93. The van der Waals surface area contributed by atoms with E-state index in [1.165, 1.54) is 9.21 Å². The first-order valence-electron chi connectivity index (χ1n) is 11.9. The lowest BCUT2D eigenvalue weighted by atomic mass is 10.1. The third-order valence-corrected chi connectivity index (χ3v) is 7.62. The molecule has 1 N–H and O–H groups in total. The Morgan fingerprint density at radius 3 is 2.43 bits per heavy atom. The summed E-state index contributed by atoms with van der Waals surface area (Å²) in [6, 6.07) is 9.12. The van der Waals surface area contributed by atoms with Crippen molar-refractivity contribution >= 4 is 50.7 Å². The lowest BCUT2D eigenvalue weighted by Gasteiger charge is -2.30. The Kier molecular flexibility index (Phi) is 9.92. The van der Waals surface area contributed by atoms with Crippen LogP contribution in [0.4, 0.5) is 5.69 Å². The molecule has 1 aliphatic rings. The van der Waals surface area contributed by atoms with Crippen molar-refractivity contribution in [3.63, 3.8) is 0 Å². The van der Waals surface area contributed by atoms with Crippen LogP contribution in [-0.2, 0) is 26.2 Å². The minimum atomic E-state index is -3.64. The van der Waals surface area contributed by atoms with Crippen molar-refractivity contribution in [3.8, 4) is 11.5 Å². The first-order valence-corrected chi connectivity index (χ1v) is 14.5. The Hall–Kier alpha value is -2.69. The van der Waals surface area contributed by atoms with E-state index in [2.05, 4.69) is 5.32 Å². The molecule has 9 nitrogen and oxygen atoms in total. The highest BCUT2D eigenvalue weighted by atomic mass is 35.5. The Bertz CT molecular complexity index is 1240. The monoisotopic (exact) mass is 571 g/mol. The van der Waals surface area contributed by atoms with Crippen LogP contribution in [0.1, 0.15) is 32.3 Å². The van der Waals surface area contributed by atoms with E-state index in [4.69, 9.17) is 32.7 Å². The standard InChI is InChI=1S/C25H31Cl2N3O6S/c1-4-28-25(32)17(2)29(16-18-7-8-19(26)14-21(18)27)24(31)6-5-11-30(37(3,33)34)20-9-10-22-23(15-20)36-13-12-35-22/h7-10,14-15,17H,4-6,11-13,16H2,1-3H3,(H,28,32)/t17-/m1/s1. The van der Waals surface area contributed by atoms with Crippen molar-refractivity contribution in [2.45, 2.75) is 39.3 Å². The molecule has 2 amide bonds. The second kappa shape index (κ2) is 12.7. The van der Waals surface area contributed by atoms with Gasteiger partial charge < -0.3 is 19.7 Å². The van der Waals surface area contributed by atoms with Crippen LogP contribution in [0.3, 0.4) is 0 Å². The number of anilines is 1. The highest BCUT2D eigenvalue weighted by molar-refractivity contribution is 7.92. The lowest BCUT2D eigenvalue weighted by Crippen LogP contribution is -2.47. The van der Waals surface area contributed by atoms with Gasteiger partial charge in [-0.2, -0.15) is 0 Å². The summed E-state index contributed by atoms with van der Waals surface area (Å²) in [5.41, 5.74) is 1.06. The first-order chi connectivity index (χ1) is 17.5. The summed E-state index contributed by atoms with van der Waals surface area (Å²) < 4.78 is 37.5. The molecule has 202 valence electrons. The maximum atomic E-state index is 13.3. The number of carbonyl (C=O) groups is 2. The number of nitrogens with one attached hydrogen (secondary N) is 1. The number of rotatable bonds is 11. The van der Waals surface area contributed by atoms with E-state index in [0.29, 0.717) is 52.6 Å². The molecule has 0 radical (unpaired) electrons. The maximum Gasteiger partial charge on any atom is 0.242 e. The summed E-state index contributed by atoms with van der Waals surface area (Å²) in [5, 5.41) is 3.58. The number of ether oxygens (including phenoxy) is 2. The lowest BCUT2D eigenvalue weighted by molar-refractivity contribution is -0.140. The molecule has 1 atom stereocenters. The number of nitrogens with zero attached hydrogens (tertiary/aromatic N) is 2. The molecule has 0 saturated carbocycles. The predicted octanol–water partition coefficient (Wildman–Crippen LogP) is 3.86. The van der Waals surface area contributed by atoms with Gasteiger partial charge in [0.2, 0.25) is 21.8 Å². The topological polar surface area (TPSA) is 105 Å². The highest BCUT2D eigenvalue weighted by Gasteiger charge is 2.27. The van der Waals surface area contributed by atoms with Gasteiger partial charge in [-0.25, -0.2) is 8.42 Å². The molecule has 0 aliphatic carbocycles. The average Bonchev–Trinajstić information content (AvgIpc) is 2.84. The number of hydrogen-bond acceptors (Lipinski definition) is 6. The summed E-state index contributed by atoms with van der Waals surface area (Å²) in [5.74, 6) is 0.417. The zero-order valence-corrected chi connectivity index (χ0v) is 23.3. The van der Waals surface area contributed by atoms with Crippen molar-refractivity contribution < 1.29 is 27.5 Å². The van der Waals surface area contributed by atoms with Gasteiger partial charge in [0.25, 0.3) is 0 Å². The maximum absolute atomic E-state index is 13.3. The quantitative estimate of drug-likeness (QED) is 0.439. The number of benzene rings is 2. The average molecular weight is 573 g/mol. The smallest absolute Gasteiger partial charge is 0.242 e. The van der Waals surface area contributed by atoms with Gasteiger partial charge >= 0.3 is 0 Å². The molecular weight excluding hydrogens is 541 g/mol. The predicted molar refractivity (Wildman–Crippen MR) is 144 cm³/mol. The van der Waals surface area contributed by atoms with E-state index < -0.39 is 16.1 Å². The Labute approximate surface area is 227 Å². The second-order valence-electron chi connectivity index (χ2n) is 8.59. The van der Waals surface area contributed by atoms with Crippen LogP contribution in [0.5, 0.6) is 11.5 Å². The number of likely N-dealkylation sites (N-methyl/N-ethyl adjacent to an activating group) is 1. The van der Waals surface area contributed by atoms with Crippen LogP contribution in [-0.4, -0.2) is 63.7 Å². The largest absolute Gasteiger partial charge is 0.486 e. The van der Waals surface area contributed by atoms with Crippen molar-refractivity contribution in [3.05, 3.63) is 52.0 Å². The fourth-order valence-corrected chi connectivity index (χ4v) is 5.35. The molecule has 0 bridgehead atoms. The number of halogens is 2. The van der Waals surface area contributed by atoms with E-state index in [0.717, 1.165) is 6.26 Å². The highest BCUT2D eigenvalue weighted by Crippen LogP contribution is 2.35. The molecule has 0 spiro atoms. The third-order valence-electron chi connectivity index (χ3n) is 5.84. The van der Waals surface area contributed by atoms with Crippen molar-refractivity contribution in [2.75, 3.05) is 36.9 Å². The summed E-state index contributed by atoms with van der Waals surface area (Å²) >= 11 is 12.3. The zero-order valence-electron chi connectivity index (χ0n) is 21.0. The first kappa shape index (κ1) is 28.9. The molecule has 1 aliphatic heterocycles. The molecule has 0 unspecified atom stereocenters. The molecule has 2 aromatic carbocycles. The molecule has 3 rings (SSSR count). The molecule has 12 heteroatoms. The van der Waals surface area contributed by atoms with Crippen LogP contribution < -0.4 is 19.1 Å². The molecular formula is C25H31Cl2N3O6S. The number of hydrogen-bond donors (Lipinski definition) is 1.